The predicted octanol–water partition coefficient (Wildman–Crippen LogP) is 1.87. The molecule has 2 aromatic heterocycles. The quantitative estimate of drug-likeness (QED) is 0.939. The molecule has 1 saturated heterocycles. The number of carbonyl (C=O) groups is 1. The molecule has 23 heavy (non-hydrogen) atoms. The Kier molecular flexibility index (Phi) is 4.17. The maximum absolute atomic E-state index is 12.5. The van der Waals surface area contributed by atoms with Gasteiger partial charge < -0.3 is 5.32 Å². The van der Waals surface area contributed by atoms with Crippen LogP contribution in [0.4, 0.5) is 0 Å². The average Bonchev–Trinajstić information content (AvgIpc) is 3.18. The van der Waals surface area contributed by atoms with Crippen LogP contribution < -0.4 is 5.32 Å². The summed E-state index contributed by atoms with van der Waals surface area (Å²) in [6, 6.07) is 3.73. The molecule has 1 aliphatic rings. The van der Waals surface area contributed by atoms with Crippen molar-refractivity contribution in [3.63, 3.8) is 0 Å². The van der Waals surface area contributed by atoms with Gasteiger partial charge in [0.05, 0.1) is 0 Å². The number of amides is 1. The molecule has 0 radical (unpaired) electrons. The van der Waals surface area contributed by atoms with Gasteiger partial charge in [-0.25, -0.2) is 9.97 Å². The third-order valence-corrected chi connectivity index (χ3v) is 4.25. The molecule has 122 valence electrons. The second kappa shape index (κ2) is 6.12. The molecule has 1 amide bonds. The summed E-state index contributed by atoms with van der Waals surface area (Å²) in [7, 11) is 0. The molecular formula is C17H23N5O. The number of hydrogen-bond acceptors (Lipinski definition) is 4. The Balaban J connectivity index is 1.67. The lowest BCUT2D eigenvalue weighted by atomic mass is 10.1. The van der Waals surface area contributed by atoms with Crippen LogP contribution in [0.2, 0.25) is 0 Å². The minimum atomic E-state index is -0.0467. The minimum absolute atomic E-state index is 0.0467. The van der Waals surface area contributed by atoms with Gasteiger partial charge in [-0.3, -0.25) is 14.3 Å². The van der Waals surface area contributed by atoms with Crippen LogP contribution in [-0.2, 0) is 0 Å². The Bertz CT molecular complexity index is 675. The first-order chi connectivity index (χ1) is 10.9. The van der Waals surface area contributed by atoms with Crippen molar-refractivity contribution in [2.45, 2.75) is 38.8 Å². The Morgan fingerprint density at radius 1 is 1.35 bits per heavy atom. The summed E-state index contributed by atoms with van der Waals surface area (Å²) in [4.78, 5) is 23.2. The Morgan fingerprint density at radius 2 is 2.17 bits per heavy atom. The number of imidazole rings is 1. The maximum atomic E-state index is 12.5. The van der Waals surface area contributed by atoms with Crippen molar-refractivity contribution in [3.8, 4) is 5.82 Å². The van der Waals surface area contributed by atoms with Crippen molar-refractivity contribution in [3.05, 3.63) is 42.6 Å². The number of nitrogens with zero attached hydrogens (tertiary/aromatic N) is 4. The van der Waals surface area contributed by atoms with Gasteiger partial charge in [-0.15, -0.1) is 0 Å². The Morgan fingerprint density at radius 3 is 2.83 bits per heavy atom. The van der Waals surface area contributed by atoms with Gasteiger partial charge in [-0.1, -0.05) is 0 Å². The molecule has 3 rings (SSSR count). The van der Waals surface area contributed by atoms with Crippen LogP contribution in [0.5, 0.6) is 0 Å². The number of rotatable bonds is 3. The summed E-state index contributed by atoms with van der Waals surface area (Å²) in [5, 5.41) is 3.14. The number of nitrogens with one attached hydrogen (secondary N) is 1. The summed E-state index contributed by atoms with van der Waals surface area (Å²) >= 11 is 0. The van der Waals surface area contributed by atoms with E-state index in [-0.39, 0.29) is 17.5 Å². The van der Waals surface area contributed by atoms with Gasteiger partial charge in [-0.05, 0) is 39.3 Å². The molecule has 2 aromatic rings. The molecule has 0 spiro atoms. The van der Waals surface area contributed by atoms with Crippen LogP contribution in [0.25, 0.3) is 5.82 Å². The molecule has 1 N–H and O–H groups in total. The van der Waals surface area contributed by atoms with Crippen LogP contribution >= 0.6 is 0 Å². The van der Waals surface area contributed by atoms with Crippen LogP contribution in [0.1, 0.15) is 37.6 Å². The van der Waals surface area contributed by atoms with E-state index in [1.165, 1.54) is 0 Å². The fraction of sp³-hybridized carbons (Fsp3) is 0.471. The first-order valence-electron chi connectivity index (χ1n) is 7.94. The van der Waals surface area contributed by atoms with Crippen LogP contribution in [0.15, 0.2) is 37.1 Å². The standard InChI is InChI=1S/C17H23N5O/c1-17(2,3)22-8-5-14(11-22)20-16(23)13-4-6-19-15(10-13)21-9-7-18-12-21/h4,6-7,9-10,12,14H,5,8,11H2,1-3H3,(H,20,23). The first kappa shape index (κ1) is 15.7. The van der Waals surface area contributed by atoms with E-state index in [1.807, 2.05) is 6.20 Å². The van der Waals surface area contributed by atoms with Gasteiger partial charge in [-0.2, -0.15) is 0 Å². The molecular weight excluding hydrogens is 290 g/mol. The monoisotopic (exact) mass is 313 g/mol. The summed E-state index contributed by atoms with van der Waals surface area (Å²) < 4.78 is 1.79. The number of aromatic nitrogens is 3. The van der Waals surface area contributed by atoms with E-state index in [0.29, 0.717) is 11.4 Å². The van der Waals surface area contributed by atoms with Gasteiger partial charge in [0, 0.05) is 48.8 Å². The van der Waals surface area contributed by atoms with Gasteiger partial charge >= 0.3 is 0 Å². The fourth-order valence-electron chi connectivity index (χ4n) is 2.85. The molecule has 1 aliphatic heterocycles. The normalized spacial score (nSPS) is 19.0. The Hall–Kier alpha value is -2.21. The molecule has 6 nitrogen and oxygen atoms in total. The van der Waals surface area contributed by atoms with Gasteiger partial charge in [0.1, 0.15) is 12.1 Å². The van der Waals surface area contributed by atoms with E-state index in [4.69, 9.17) is 0 Å². The SMILES string of the molecule is CC(C)(C)N1CCC(NC(=O)c2ccnc(-n3ccnc3)c2)C1. The van der Waals surface area contributed by atoms with Crippen molar-refractivity contribution in [1.29, 1.82) is 0 Å². The topological polar surface area (TPSA) is 63.1 Å². The second-order valence-corrected chi connectivity index (χ2v) is 6.95. The summed E-state index contributed by atoms with van der Waals surface area (Å²) in [6.45, 7) is 8.53. The van der Waals surface area contributed by atoms with Crippen molar-refractivity contribution >= 4 is 5.91 Å². The smallest absolute Gasteiger partial charge is 0.251 e. The third kappa shape index (κ3) is 3.59. The zero-order chi connectivity index (χ0) is 16.4. The molecule has 0 saturated carbocycles. The van der Waals surface area contributed by atoms with Crippen molar-refractivity contribution < 1.29 is 4.79 Å². The molecule has 1 atom stereocenters. The number of carbonyl (C=O) groups excluding carboxylic acids is 1. The lowest BCUT2D eigenvalue weighted by molar-refractivity contribution is 0.0932. The third-order valence-electron chi connectivity index (χ3n) is 4.25. The summed E-state index contributed by atoms with van der Waals surface area (Å²) in [5.74, 6) is 0.646. The van der Waals surface area contributed by atoms with Gasteiger partial charge in [0.15, 0.2) is 0 Å². The highest BCUT2D eigenvalue weighted by atomic mass is 16.1. The molecule has 0 aliphatic carbocycles. The lowest BCUT2D eigenvalue weighted by Gasteiger charge is -2.31. The highest BCUT2D eigenvalue weighted by Crippen LogP contribution is 2.20. The lowest BCUT2D eigenvalue weighted by Crippen LogP contribution is -2.43. The fourth-order valence-corrected chi connectivity index (χ4v) is 2.85. The van der Waals surface area contributed by atoms with E-state index in [1.54, 1.807) is 35.4 Å². The molecule has 0 aromatic carbocycles. The van der Waals surface area contributed by atoms with E-state index in [0.717, 1.165) is 19.5 Å². The van der Waals surface area contributed by atoms with E-state index in [2.05, 4.69) is 41.0 Å². The zero-order valence-corrected chi connectivity index (χ0v) is 13.9. The van der Waals surface area contributed by atoms with Gasteiger partial charge in [0.25, 0.3) is 5.91 Å². The second-order valence-electron chi connectivity index (χ2n) is 6.95. The molecule has 6 heteroatoms. The molecule has 3 heterocycles. The number of likely N-dealkylation sites (tertiary alicyclic amines) is 1. The molecule has 0 bridgehead atoms. The Labute approximate surface area is 136 Å². The van der Waals surface area contributed by atoms with E-state index < -0.39 is 0 Å². The average molecular weight is 313 g/mol. The summed E-state index contributed by atoms with van der Waals surface area (Å²) in [5.41, 5.74) is 0.767. The van der Waals surface area contributed by atoms with Gasteiger partial charge in [0.2, 0.25) is 0 Å². The summed E-state index contributed by atoms with van der Waals surface area (Å²) in [6.07, 6.45) is 7.81. The highest BCUT2D eigenvalue weighted by molar-refractivity contribution is 5.94. The van der Waals surface area contributed by atoms with Crippen molar-refractivity contribution in [1.82, 2.24) is 24.8 Å². The van der Waals surface area contributed by atoms with Crippen LogP contribution in [-0.4, -0.2) is 50.0 Å². The minimum Gasteiger partial charge on any atom is -0.348 e. The maximum Gasteiger partial charge on any atom is 0.251 e. The van der Waals surface area contributed by atoms with Crippen LogP contribution in [0, 0.1) is 0 Å². The van der Waals surface area contributed by atoms with Crippen molar-refractivity contribution in [2.75, 3.05) is 13.1 Å². The van der Waals surface area contributed by atoms with Crippen molar-refractivity contribution in [2.24, 2.45) is 0 Å². The number of pyridine rings is 1. The highest BCUT2D eigenvalue weighted by Gasteiger charge is 2.31. The first-order valence-corrected chi connectivity index (χ1v) is 7.94. The van der Waals surface area contributed by atoms with Crippen LogP contribution in [0.3, 0.4) is 0 Å². The molecule has 1 unspecified atom stereocenters. The van der Waals surface area contributed by atoms with E-state index >= 15 is 0 Å². The number of hydrogen-bond donors (Lipinski definition) is 1. The zero-order valence-electron chi connectivity index (χ0n) is 13.9. The van der Waals surface area contributed by atoms with E-state index in [9.17, 15) is 4.79 Å². The predicted molar refractivity (Wildman–Crippen MR) is 88.6 cm³/mol. The largest absolute Gasteiger partial charge is 0.348 e. The molecule has 1 fully saturated rings.